The lowest BCUT2D eigenvalue weighted by Gasteiger charge is -2.07. The summed E-state index contributed by atoms with van der Waals surface area (Å²) in [5, 5.41) is 7.82. The highest BCUT2D eigenvalue weighted by atomic mass is 79.9. The molecule has 10 heteroatoms. The highest BCUT2D eigenvalue weighted by molar-refractivity contribution is 9.10. The molecule has 1 N–H and O–H groups in total. The van der Waals surface area contributed by atoms with E-state index < -0.39 is 12.5 Å². The number of anilines is 1. The first-order chi connectivity index (χ1) is 13.3. The number of carbonyl (C=O) groups is 1. The van der Waals surface area contributed by atoms with Gasteiger partial charge in [-0.25, -0.2) is 0 Å². The van der Waals surface area contributed by atoms with Crippen molar-refractivity contribution in [3.8, 4) is 5.75 Å². The number of nitrogens with zero attached hydrogens (tertiary/aromatic N) is 2. The van der Waals surface area contributed by atoms with Crippen LogP contribution in [0.2, 0.25) is 10.0 Å². The largest absolute Gasteiger partial charge is 0.435 e. The van der Waals surface area contributed by atoms with E-state index in [1.54, 1.807) is 23.0 Å². The number of aromatic nitrogens is 2. The van der Waals surface area contributed by atoms with Crippen molar-refractivity contribution in [2.24, 2.45) is 0 Å². The number of carbonyl (C=O) groups excluding carboxylic acids is 1. The lowest BCUT2D eigenvalue weighted by atomic mass is 10.2. The first-order valence-corrected chi connectivity index (χ1v) is 9.40. The molecule has 3 rings (SSSR count). The molecule has 2 aromatic carbocycles. The number of ether oxygens (including phenoxy) is 1. The van der Waals surface area contributed by atoms with Gasteiger partial charge in [0.2, 0.25) is 0 Å². The molecule has 0 spiro atoms. The molecule has 0 atom stereocenters. The second-order valence-corrected chi connectivity index (χ2v) is 7.30. The zero-order valence-corrected chi connectivity index (χ0v) is 17.1. The van der Waals surface area contributed by atoms with Crippen LogP contribution in [0, 0.1) is 0 Å². The van der Waals surface area contributed by atoms with E-state index in [-0.39, 0.29) is 17.1 Å². The fraction of sp³-hybridized carbons (Fsp3) is 0.111. The Morgan fingerprint density at radius 3 is 2.71 bits per heavy atom. The Bertz CT molecular complexity index is 1010. The summed E-state index contributed by atoms with van der Waals surface area (Å²) in [4.78, 5) is 12.4. The molecule has 146 valence electrons. The van der Waals surface area contributed by atoms with Crippen LogP contribution < -0.4 is 10.1 Å². The van der Waals surface area contributed by atoms with Crippen LogP contribution in [0.25, 0.3) is 0 Å². The Morgan fingerprint density at radius 2 is 2.00 bits per heavy atom. The van der Waals surface area contributed by atoms with Crippen molar-refractivity contribution in [2.75, 3.05) is 5.32 Å². The van der Waals surface area contributed by atoms with Gasteiger partial charge < -0.3 is 10.1 Å². The first kappa shape index (κ1) is 20.6. The Morgan fingerprint density at radius 1 is 1.21 bits per heavy atom. The maximum absolute atomic E-state index is 12.4. The summed E-state index contributed by atoms with van der Waals surface area (Å²) < 4.78 is 31.1. The second-order valence-electron chi connectivity index (χ2n) is 5.63. The molecule has 0 unspecified atom stereocenters. The average Bonchev–Trinajstić information content (AvgIpc) is 2.97. The lowest BCUT2D eigenvalue weighted by molar-refractivity contribution is -0.0498. The summed E-state index contributed by atoms with van der Waals surface area (Å²) in [6.45, 7) is -2.56. The Labute approximate surface area is 177 Å². The van der Waals surface area contributed by atoms with Gasteiger partial charge >= 0.3 is 6.61 Å². The number of nitrogens with one attached hydrogen (secondary N) is 1. The van der Waals surface area contributed by atoms with Gasteiger partial charge in [0, 0.05) is 11.8 Å². The van der Waals surface area contributed by atoms with Crippen LogP contribution in [0.1, 0.15) is 15.9 Å². The second kappa shape index (κ2) is 8.89. The quantitative estimate of drug-likeness (QED) is 0.471. The van der Waals surface area contributed by atoms with E-state index in [1.165, 1.54) is 24.3 Å². The lowest BCUT2D eigenvalue weighted by Crippen LogP contribution is -2.13. The highest BCUT2D eigenvalue weighted by Gasteiger charge is 2.14. The van der Waals surface area contributed by atoms with Gasteiger partial charge in [0.25, 0.3) is 5.91 Å². The Hall–Kier alpha value is -2.16. The minimum atomic E-state index is -2.97. The monoisotopic (exact) mass is 489 g/mol. The molecule has 0 aliphatic carbocycles. The number of rotatable bonds is 6. The molecule has 3 aromatic rings. The first-order valence-electron chi connectivity index (χ1n) is 7.85. The molecule has 1 heterocycles. The predicted molar refractivity (Wildman–Crippen MR) is 107 cm³/mol. The van der Waals surface area contributed by atoms with E-state index in [4.69, 9.17) is 23.2 Å². The molecule has 0 saturated carbocycles. The summed E-state index contributed by atoms with van der Waals surface area (Å²) in [7, 11) is 0. The standard InChI is InChI=1S/C18H12BrCl2F2N3O2/c19-13-9-26(8-10-4-5-14(20)15(21)6-10)25-16(13)24-17(27)11-2-1-3-12(7-11)28-18(22)23/h1-7,9,18H,8H2,(H,24,25,27). The van der Waals surface area contributed by atoms with Gasteiger partial charge in [0.1, 0.15) is 5.75 Å². The maximum Gasteiger partial charge on any atom is 0.387 e. The molecule has 0 radical (unpaired) electrons. The Balaban J connectivity index is 1.72. The SMILES string of the molecule is O=C(Nc1nn(Cc2ccc(Cl)c(Cl)c2)cc1Br)c1cccc(OC(F)F)c1. The molecule has 0 aliphatic heterocycles. The third kappa shape index (κ3) is 5.21. The molecule has 28 heavy (non-hydrogen) atoms. The minimum Gasteiger partial charge on any atom is -0.435 e. The summed E-state index contributed by atoms with van der Waals surface area (Å²) in [5.41, 5.74) is 1.03. The van der Waals surface area contributed by atoms with Crippen molar-refractivity contribution in [3.63, 3.8) is 0 Å². The van der Waals surface area contributed by atoms with Crippen LogP contribution in [-0.4, -0.2) is 22.3 Å². The van der Waals surface area contributed by atoms with Crippen LogP contribution in [0.5, 0.6) is 5.75 Å². The fourth-order valence-electron chi connectivity index (χ4n) is 2.38. The maximum atomic E-state index is 12.4. The molecule has 5 nitrogen and oxygen atoms in total. The molecule has 1 amide bonds. The number of hydrogen-bond donors (Lipinski definition) is 1. The number of alkyl halides is 2. The van der Waals surface area contributed by atoms with Gasteiger partial charge in [-0.05, 0) is 51.8 Å². The van der Waals surface area contributed by atoms with Crippen LogP contribution in [0.15, 0.2) is 53.1 Å². The van der Waals surface area contributed by atoms with Gasteiger partial charge in [-0.15, -0.1) is 0 Å². The van der Waals surface area contributed by atoms with Crippen LogP contribution in [0.4, 0.5) is 14.6 Å². The van der Waals surface area contributed by atoms with Crippen LogP contribution >= 0.6 is 39.1 Å². The number of halogens is 5. The predicted octanol–water partition coefficient (Wildman–Crippen LogP) is 5.85. The van der Waals surface area contributed by atoms with E-state index >= 15 is 0 Å². The molecule has 0 bridgehead atoms. The summed E-state index contributed by atoms with van der Waals surface area (Å²) in [6.07, 6.45) is 1.69. The molecule has 0 fully saturated rings. The van der Waals surface area contributed by atoms with Crippen molar-refractivity contribution in [3.05, 3.63) is 74.3 Å². The topological polar surface area (TPSA) is 56.2 Å². The normalized spacial score (nSPS) is 10.9. The van der Waals surface area contributed by atoms with E-state index in [1.807, 2.05) is 6.07 Å². The third-order valence-electron chi connectivity index (χ3n) is 3.60. The number of hydrogen-bond acceptors (Lipinski definition) is 3. The Kier molecular flexibility index (Phi) is 6.53. The average molecular weight is 491 g/mol. The molecular formula is C18H12BrCl2F2N3O2. The third-order valence-corrected chi connectivity index (χ3v) is 4.92. The van der Waals surface area contributed by atoms with Crippen molar-refractivity contribution < 1.29 is 18.3 Å². The van der Waals surface area contributed by atoms with Crippen LogP contribution in [-0.2, 0) is 6.54 Å². The van der Waals surface area contributed by atoms with Gasteiger partial charge in [0.15, 0.2) is 5.82 Å². The minimum absolute atomic E-state index is 0.105. The van der Waals surface area contributed by atoms with Gasteiger partial charge in [-0.3, -0.25) is 9.48 Å². The van der Waals surface area contributed by atoms with Gasteiger partial charge in [-0.2, -0.15) is 13.9 Å². The van der Waals surface area contributed by atoms with Crippen molar-refractivity contribution in [1.82, 2.24) is 9.78 Å². The van der Waals surface area contributed by atoms with Crippen molar-refractivity contribution >= 4 is 50.9 Å². The summed E-state index contributed by atoms with van der Waals surface area (Å²) in [5.74, 6) is -0.336. The van der Waals surface area contributed by atoms with Gasteiger partial charge in [-0.1, -0.05) is 35.3 Å². The van der Waals surface area contributed by atoms with Gasteiger partial charge in [0.05, 0.1) is 21.1 Å². The van der Waals surface area contributed by atoms with E-state index in [2.05, 4.69) is 31.1 Å². The number of benzene rings is 2. The summed E-state index contributed by atoms with van der Waals surface area (Å²) in [6, 6.07) is 10.7. The molecule has 0 saturated heterocycles. The zero-order valence-electron chi connectivity index (χ0n) is 14.0. The molecular weight excluding hydrogens is 479 g/mol. The smallest absolute Gasteiger partial charge is 0.387 e. The number of amides is 1. The fourth-order valence-corrected chi connectivity index (χ4v) is 3.12. The van der Waals surface area contributed by atoms with Crippen molar-refractivity contribution in [1.29, 1.82) is 0 Å². The zero-order chi connectivity index (χ0) is 20.3. The highest BCUT2D eigenvalue weighted by Crippen LogP contribution is 2.25. The summed E-state index contributed by atoms with van der Waals surface area (Å²) >= 11 is 15.3. The molecule has 0 aliphatic rings. The van der Waals surface area contributed by atoms with E-state index in [0.29, 0.717) is 21.1 Å². The van der Waals surface area contributed by atoms with E-state index in [0.717, 1.165) is 5.56 Å². The van der Waals surface area contributed by atoms with Crippen LogP contribution in [0.3, 0.4) is 0 Å². The van der Waals surface area contributed by atoms with E-state index in [9.17, 15) is 13.6 Å². The van der Waals surface area contributed by atoms with Crippen molar-refractivity contribution in [2.45, 2.75) is 13.2 Å². The molecule has 1 aromatic heterocycles.